The molecule has 3 N–H and O–H groups in total. The van der Waals surface area contributed by atoms with E-state index in [1.54, 1.807) is 6.07 Å². The van der Waals surface area contributed by atoms with Gasteiger partial charge in [-0.3, -0.25) is 0 Å². The molecule has 78 valence electrons. The smallest absolute Gasteiger partial charge is 0.260 e. The van der Waals surface area contributed by atoms with Crippen molar-refractivity contribution >= 4 is 0 Å². The van der Waals surface area contributed by atoms with Crippen LogP contribution in [0.25, 0.3) is 0 Å². The maximum absolute atomic E-state index is 13.2. The summed E-state index contributed by atoms with van der Waals surface area (Å²) < 4.78 is 26.5. The molecule has 1 aliphatic rings. The number of hydrogen-bond donors (Lipinski definition) is 2. The zero-order valence-electron chi connectivity index (χ0n) is 8.32. The van der Waals surface area contributed by atoms with Gasteiger partial charge in [0.05, 0.1) is 5.41 Å². The zero-order chi connectivity index (χ0) is 10.6. The number of rotatable bonds is 2. The highest BCUT2D eigenvalue weighted by atomic mass is 19.3. The second kappa shape index (κ2) is 2.57. The van der Waals surface area contributed by atoms with E-state index in [0.717, 1.165) is 11.4 Å². The Labute approximate surface area is 81.5 Å². The molecule has 4 heteroatoms. The van der Waals surface area contributed by atoms with Gasteiger partial charge < -0.3 is 10.7 Å². The molecule has 0 spiro atoms. The van der Waals surface area contributed by atoms with Crippen molar-refractivity contribution in [1.29, 1.82) is 0 Å². The predicted octanol–water partition coefficient (Wildman–Crippen LogP) is 1.87. The first-order valence-electron chi connectivity index (χ1n) is 4.67. The first-order valence-corrected chi connectivity index (χ1v) is 4.67. The summed E-state index contributed by atoms with van der Waals surface area (Å²) in [6.07, 6.45) is -0.116. The van der Waals surface area contributed by atoms with Gasteiger partial charge in [0, 0.05) is 24.4 Å². The fourth-order valence-corrected chi connectivity index (χ4v) is 2.18. The van der Waals surface area contributed by atoms with E-state index in [9.17, 15) is 8.78 Å². The van der Waals surface area contributed by atoms with Gasteiger partial charge in [0.1, 0.15) is 0 Å². The molecule has 1 saturated carbocycles. The molecule has 0 bridgehead atoms. The Morgan fingerprint density at radius 2 is 2.07 bits per heavy atom. The molecule has 2 rings (SSSR count). The quantitative estimate of drug-likeness (QED) is 0.751. The Morgan fingerprint density at radius 3 is 2.36 bits per heavy atom. The minimum atomic E-state index is -2.62. The van der Waals surface area contributed by atoms with Crippen LogP contribution in [0, 0.1) is 13.8 Å². The Hall–Kier alpha value is -0.900. The minimum absolute atomic E-state index is 0.0120. The van der Waals surface area contributed by atoms with Crippen LogP contribution in [0.5, 0.6) is 0 Å². The summed E-state index contributed by atoms with van der Waals surface area (Å²) in [4.78, 5) is 3.04. The second-order valence-electron chi connectivity index (χ2n) is 4.16. The van der Waals surface area contributed by atoms with Crippen molar-refractivity contribution in [3.05, 3.63) is 23.0 Å². The van der Waals surface area contributed by atoms with E-state index in [1.807, 2.05) is 13.8 Å². The van der Waals surface area contributed by atoms with E-state index in [0.29, 0.717) is 5.56 Å². The number of aryl methyl sites for hydroxylation is 2. The molecule has 0 radical (unpaired) electrons. The van der Waals surface area contributed by atoms with Crippen molar-refractivity contribution in [2.45, 2.75) is 31.6 Å². The maximum atomic E-state index is 13.2. The Bertz CT molecular complexity index is 370. The lowest BCUT2D eigenvalue weighted by molar-refractivity contribution is 0.0895. The third-order valence-electron chi connectivity index (χ3n) is 3.11. The lowest BCUT2D eigenvalue weighted by Gasteiger charge is -2.13. The molecule has 1 aliphatic carbocycles. The molecule has 1 atom stereocenters. The minimum Gasteiger partial charge on any atom is -0.362 e. The summed E-state index contributed by atoms with van der Waals surface area (Å²) in [5, 5.41) is 0. The number of aromatic nitrogens is 1. The van der Waals surface area contributed by atoms with Gasteiger partial charge in [0.2, 0.25) is 0 Å². The largest absolute Gasteiger partial charge is 0.362 e. The molecular formula is C10H14F2N2. The lowest BCUT2D eigenvalue weighted by atomic mass is 9.95. The standard InChI is InChI=1S/C10H14F2N2/c1-6-3-8(7(2)14-6)9(5-13)4-10(9,11)12/h3,14H,4-5,13H2,1-2H3. The first kappa shape index (κ1) is 9.65. The molecular weight excluding hydrogens is 186 g/mol. The molecule has 1 aromatic heterocycles. The van der Waals surface area contributed by atoms with Crippen LogP contribution in [0.2, 0.25) is 0 Å². The van der Waals surface area contributed by atoms with Gasteiger partial charge in [0.25, 0.3) is 5.92 Å². The van der Waals surface area contributed by atoms with Crippen molar-refractivity contribution in [2.24, 2.45) is 5.73 Å². The second-order valence-corrected chi connectivity index (χ2v) is 4.16. The number of H-pyrrole nitrogens is 1. The van der Waals surface area contributed by atoms with E-state index in [4.69, 9.17) is 5.73 Å². The summed E-state index contributed by atoms with van der Waals surface area (Å²) in [6, 6.07) is 1.78. The molecule has 0 amide bonds. The third-order valence-corrected chi connectivity index (χ3v) is 3.11. The number of nitrogens with one attached hydrogen (secondary N) is 1. The average molecular weight is 200 g/mol. The van der Waals surface area contributed by atoms with E-state index in [-0.39, 0.29) is 13.0 Å². The van der Waals surface area contributed by atoms with Crippen LogP contribution in [0.15, 0.2) is 6.07 Å². The maximum Gasteiger partial charge on any atom is 0.260 e. The van der Waals surface area contributed by atoms with Crippen LogP contribution in [-0.4, -0.2) is 17.5 Å². The van der Waals surface area contributed by atoms with Crippen molar-refractivity contribution < 1.29 is 8.78 Å². The van der Waals surface area contributed by atoms with E-state index >= 15 is 0 Å². The molecule has 0 aromatic carbocycles. The Balaban J connectivity index is 2.45. The van der Waals surface area contributed by atoms with Gasteiger partial charge in [-0.2, -0.15) is 0 Å². The highest BCUT2D eigenvalue weighted by Gasteiger charge is 2.71. The first-order chi connectivity index (χ1) is 6.43. The molecule has 1 fully saturated rings. The normalized spacial score (nSPS) is 29.2. The molecule has 0 saturated heterocycles. The fourth-order valence-electron chi connectivity index (χ4n) is 2.18. The number of aromatic amines is 1. The molecule has 1 unspecified atom stereocenters. The number of halogens is 2. The summed E-state index contributed by atoms with van der Waals surface area (Å²) in [7, 11) is 0. The van der Waals surface area contributed by atoms with Crippen LogP contribution in [0.3, 0.4) is 0 Å². The third kappa shape index (κ3) is 1.03. The molecule has 0 aliphatic heterocycles. The summed E-state index contributed by atoms with van der Waals surface area (Å²) in [6.45, 7) is 3.69. The van der Waals surface area contributed by atoms with E-state index < -0.39 is 11.3 Å². The number of nitrogens with two attached hydrogens (primary N) is 1. The van der Waals surface area contributed by atoms with E-state index in [2.05, 4.69) is 4.98 Å². The predicted molar refractivity (Wildman–Crippen MR) is 50.6 cm³/mol. The topological polar surface area (TPSA) is 41.8 Å². The Kier molecular flexibility index (Phi) is 1.77. The molecule has 14 heavy (non-hydrogen) atoms. The summed E-state index contributed by atoms with van der Waals surface area (Å²) >= 11 is 0. The van der Waals surface area contributed by atoms with Gasteiger partial charge in [0.15, 0.2) is 0 Å². The van der Waals surface area contributed by atoms with Crippen LogP contribution < -0.4 is 5.73 Å². The van der Waals surface area contributed by atoms with Gasteiger partial charge in [-0.25, -0.2) is 8.78 Å². The van der Waals surface area contributed by atoms with E-state index in [1.165, 1.54) is 0 Å². The summed E-state index contributed by atoms with van der Waals surface area (Å²) in [5.74, 6) is -2.62. The zero-order valence-corrected chi connectivity index (χ0v) is 8.32. The highest BCUT2D eigenvalue weighted by Crippen LogP contribution is 2.61. The van der Waals surface area contributed by atoms with Crippen molar-refractivity contribution in [2.75, 3.05) is 6.54 Å². The van der Waals surface area contributed by atoms with Crippen molar-refractivity contribution in [3.8, 4) is 0 Å². The molecule has 1 heterocycles. The Morgan fingerprint density at radius 1 is 1.50 bits per heavy atom. The van der Waals surface area contributed by atoms with Crippen molar-refractivity contribution in [1.82, 2.24) is 4.98 Å². The SMILES string of the molecule is Cc1cc(C2(CN)CC2(F)F)c(C)[nH]1. The lowest BCUT2D eigenvalue weighted by Crippen LogP contribution is -2.27. The van der Waals surface area contributed by atoms with Gasteiger partial charge >= 0.3 is 0 Å². The highest BCUT2D eigenvalue weighted by molar-refractivity contribution is 5.42. The van der Waals surface area contributed by atoms with Crippen molar-refractivity contribution in [3.63, 3.8) is 0 Å². The monoisotopic (exact) mass is 200 g/mol. The number of alkyl halides is 2. The van der Waals surface area contributed by atoms with Crippen LogP contribution in [0.1, 0.15) is 23.4 Å². The summed E-state index contributed by atoms with van der Waals surface area (Å²) in [5.41, 5.74) is 6.77. The molecule has 1 aromatic rings. The van der Waals surface area contributed by atoms with Crippen LogP contribution >= 0.6 is 0 Å². The van der Waals surface area contributed by atoms with Gasteiger partial charge in [-0.15, -0.1) is 0 Å². The molecule has 2 nitrogen and oxygen atoms in total. The van der Waals surface area contributed by atoms with Crippen LogP contribution in [0.4, 0.5) is 8.78 Å². The number of hydrogen-bond acceptors (Lipinski definition) is 1. The fraction of sp³-hybridized carbons (Fsp3) is 0.600. The van der Waals surface area contributed by atoms with Gasteiger partial charge in [-0.1, -0.05) is 0 Å². The van der Waals surface area contributed by atoms with Crippen LogP contribution in [-0.2, 0) is 5.41 Å². The average Bonchev–Trinajstić information content (AvgIpc) is 2.48. The van der Waals surface area contributed by atoms with Gasteiger partial charge in [-0.05, 0) is 25.5 Å².